The van der Waals surface area contributed by atoms with Crippen LogP contribution in [-0.2, 0) is 16.6 Å². The number of aromatic nitrogens is 2. The lowest BCUT2D eigenvalue weighted by Gasteiger charge is -2.22. The van der Waals surface area contributed by atoms with Gasteiger partial charge in [-0.05, 0) is 28.7 Å². The molecule has 0 unspecified atom stereocenters. The molecule has 9 heteroatoms. The molecule has 2 aromatic carbocycles. The van der Waals surface area contributed by atoms with Gasteiger partial charge >= 0.3 is 12.1 Å². The standard InChI is InChI=1S/C26H28N4O5/c1-3-13-30(14-12-23(31)32)25(33)24-22(15-27-29(24)2)28-26(34)35-16-21-19-10-6-4-8-17(19)18-9-5-7-11-20(18)21/h4-11,15,21H,3,12-14,16H2,1-2H3,(H,28,34)(H,31,32). The van der Waals surface area contributed by atoms with Crippen molar-refractivity contribution < 1.29 is 24.2 Å². The number of amides is 2. The number of benzene rings is 2. The smallest absolute Gasteiger partial charge is 0.411 e. The minimum atomic E-state index is -0.985. The topological polar surface area (TPSA) is 114 Å². The van der Waals surface area contributed by atoms with Gasteiger partial charge in [-0.15, -0.1) is 0 Å². The zero-order chi connectivity index (χ0) is 24.9. The van der Waals surface area contributed by atoms with Crippen LogP contribution in [0.2, 0.25) is 0 Å². The number of aryl methyl sites for hydroxylation is 1. The van der Waals surface area contributed by atoms with Crippen LogP contribution < -0.4 is 5.32 Å². The number of carbonyl (C=O) groups is 3. The predicted molar refractivity (Wildman–Crippen MR) is 130 cm³/mol. The van der Waals surface area contributed by atoms with Gasteiger partial charge in [0.15, 0.2) is 0 Å². The van der Waals surface area contributed by atoms with Gasteiger partial charge in [-0.2, -0.15) is 5.10 Å². The first kappa shape index (κ1) is 24.0. The highest BCUT2D eigenvalue weighted by atomic mass is 16.5. The maximum absolute atomic E-state index is 13.2. The first-order chi connectivity index (χ1) is 16.9. The number of anilines is 1. The number of fused-ring (bicyclic) bond motifs is 3. The molecule has 1 aliphatic rings. The zero-order valence-electron chi connectivity index (χ0n) is 19.7. The van der Waals surface area contributed by atoms with Gasteiger partial charge < -0.3 is 14.7 Å². The zero-order valence-corrected chi connectivity index (χ0v) is 19.7. The molecule has 2 N–H and O–H groups in total. The van der Waals surface area contributed by atoms with E-state index in [9.17, 15) is 14.4 Å². The number of nitrogens with one attached hydrogen (secondary N) is 1. The summed E-state index contributed by atoms with van der Waals surface area (Å²) >= 11 is 0. The molecule has 1 aromatic heterocycles. The molecule has 0 radical (unpaired) electrons. The van der Waals surface area contributed by atoms with Crippen LogP contribution in [0.5, 0.6) is 0 Å². The summed E-state index contributed by atoms with van der Waals surface area (Å²) in [5.41, 5.74) is 4.85. The minimum Gasteiger partial charge on any atom is -0.481 e. The molecule has 0 saturated heterocycles. The Labute approximate surface area is 203 Å². The number of rotatable bonds is 9. The van der Waals surface area contributed by atoms with Crippen LogP contribution in [0, 0.1) is 0 Å². The highest BCUT2D eigenvalue weighted by molar-refractivity contribution is 6.01. The van der Waals surface area contributed by atoms with Crippen LogP contribution in [0.3, 0.4) is 0 Å². The van der Waals surface area contributed by atoms with Gasteiger partial charge in [0.05, 0.1) is 18.3 Å². The van der Waals surface area contributed by atoms with Crippen LogP contribution in [0.4, 0.5) is 10.5 Å². The Morgan fingerprint density at radius 3 is 2.29 bits per heavy atom. The van der Waals surface area contributed by atoms with Crippen molar-refractivity contribution >= 4 is 23.7 Å². The predicted octanol–water partition coefficient (Wildman–Crippen LogP) is 4.11. The molecule has 0 bridgehead atoms. The van der Waals surface area contributed by atoms with Gasteiger partial charge in [-0.3, -0.25) is 19.6 Å². The van der Waals surface area contributed by atoms with Crippen molar-refractivity contribution in [3.8, 4) is 11.1 Å². The lowest BCUT2D eigenvalue weighted by Crippen LogP contribution is -2.35. The van der Waals surface area contributed by atoms with E-state index >= 15 is 0 Å². The second kappa shape index (κ2) is 10.4. The van der Waals surface area contributed by atoms with Crippen LogP contribution in [0.1, 0.15) is 47.3 Å². The van der Waals surface area contributed by atoms with Gasteiger partial charge in [-0.1, -0.05) is 55.5 Å². The van der Waals surface area contributed by atoms with Crippen molar-refractivity contribution in [3.05, 3.63) is 71.5 Å². The van der Waals surface area contributed by atoms with Crippen LogP contribution in [0.15, 0.2) is 54.7 Å². The van der Waals surface area contributed by atoms with Crippen LogP contribution >= 0.6 is 0 Å². The minimum absolute atomic E-state index is 0.0670. The third kappa shape index (κ3) is 5.03. The van der Waals surface area contributed by atoms with E-state index in [1.165, 1.54) is 15.8 Å². The van der Waals surface area contributed by atoms with E-state index in [0.717, 1.165) is 22.3 Å². The summed E-state index contributed by atoms with van der Waals surface area (Å²) in [6.07, 6.45) is 1.19. The number of hydrogen-bond acceptors (Lipinski definition) is 5. The van der Waals surface area contributed by atoms with E-state index in [4.69, 9.17) is 9.84 Å². The van der Waals surface area contributed by atoms with Crippen molar-refractivity contribution in [2.24, 2.45) is 7.05 Å². The third-order valence-corrected chi connectivity index (χ3v) is 6.10. The fraction of sp³-hybridized carbons (Fsp3) is 0.308. The van der Waals surface area contributed by atoms with E-state index in [1.807, 2.05) is 43.3 Å². The Balaban J connectivity index is 1.46. The SMILES string of the molecule is CCCN(CCC(=O)O)C(=O)c1c(NC(=O)OCC2c3ccccc3-c3ccccc32)cnn1C. The van der Waals surface area contributed by atoms with E-state index in [1.54, 1.807) is 7.05 Å². The molecule has 9 nitrogen and oxygen atoms in total. The average Bonchev–Trinajstić information content (AvgIpc) is 3.37. The van der Waals surface area contributed by atoms with Crippen molar-refractivity contribution in [2.75, 3.05) is 25.0 Å². The molecule has 1 heterocycles. The second-order valence-corrected chi connectivity index (χ2v) is 8.42. The lowest BCUT2D eigenvalue weighted by atomic mass is 9.98. The summed E-state index contributed by atoms with van der Waals surface area (Å²) < 4.78 is 6.95. The summed E-state index contributed by atoms with van der Waals surface area (Å²) in [6, 6.07) is 16.1. The van der Waals surface area contributed by atoms with Crippen LogP contribution in [0.25, 0.3) is 11.1 Å². The third-order valence-electron chi connectivity index (χ3n) is 6.10. The Morgan fingerprint density at radius 2 is 1.69 bits per heavy atom. The molecule has 4 rings (SSSR count). The number of nitrogens with zero attached hydrogens (tertiary/aromatic N) is 3. The molecular formula is C26H28N4O5. The highest BCUT2D eigenvalue weighted by Crippen LogP contribution is 2.44. The molecule has 0 aliphatic heterocycles. The molecule has 2 amide bonds. The number of carboxylic acid groups (broad SMARTS) is 1. The molecule has 3 aromatic rings. The van der Waals surface area contributed by atoms with Gasteiger partial charge in [0.25, 0.3) is 5.91 Å². The molecule has 0 saturated carbocycles. The maximum Gasteiger partial charge on any atom is 0.411 e. The molecule has 0 atom stereocenters. The molecule has 0 spiro atoms. The Hall–Kier alpha value is -4.14. The summed E-state index contributed by atoms with van der Waals surface area (Å²) in [7, 11) is 1.59. The van der Waals surface area contributed by atoms with E-state index in [0.29, 0.717) is 13.0 Å². The number of carboxylic acids is 1. The number of carbonyl (C=O) groups excluding carboxylic acids is 2. The first-order valence-electron chi connectivity index (χ1n) is 11.6. The number of ether oxygens (including phenoxy) is 1. The fourth-order valence-electron chi connectivity index (χ4n) is 4.49. The number of aliphatic carboxylic acids is 1. The van der Waals surface area contributed by atoms with Gasteiger partial charge in [0.2, 0.25) is 0 Å². The second-order valence-electron chi connectivity index (χ2n) is 8.42. The van der Waals surface area contributed by atoms with Crippen molar-refractivity contribution in [1.29, 1.82) is 0 Å². The van der Waals surface area contributed by atoms with Crippen molar-refractivity contribution in [1.82, 2.24) is 14.7 Å². The van der Waals surface area contributed by atoms with Gasteiger partial charge in [-0.25, -0.2) is 4.79 Å². The number of hydrogen-bond donors (Lipinski definition) is 2. The fourth-order valence-corrected chi connectivity index (χ4v) is 4.49. The molecule has 0 fully saturated rings. The maximum atomic E-state index is 13.2. The summed E-state index contributed by atoms with van der Waals surface area (Å²) in [4.78, 5) is 38.3. The molecule has 1 aliphatic carbocycles. The van der Waals surface area contributed by atoms with Crippen LogP contribution in [-0.4, -0.2) is 57.5 Å². The monoisotopic (exact) mass is 476 g/mol. The quantitative estimate of drug-likeness (QED) is 0.481. The normalized spacial score (nSPS) is 12.1. The van der Waals surface area contributed by atoms with Crippen molar-refractivity contribution in [2.45, 2.75) is 25.7 Å². The lowest BCUT2D eigenvalue weighted by molar-refractivity contribution is -0.137. The van der Waals surface area contributed by atoms with Gasteiger partial charge in [0.1, 0.15) is 12.3 Å². The average molecular weight is 477 g/mol. The molecule has 35 heavy (non-hydrogen) atoms. The Bertz CT molecular complexity index is 1210. The Morgan fingerprint density at radius 1 is 1.06 bits per heavy atom. The van der Waals surface area contributed by atoms with Gasteiger partial charge in [0, 0.05) is 26.1 Å². The van der Waals surface area contributed by atoms with Crippen molar-refractivity contribution in [3.63, 3.8) is 0 Å². The molecular weight excluding hydrogens is 448 g/mol. The van der Waals surface area contributed by atoms with E-state index < -0.39 is 18.0 Å². The summed E-state index contributed by atoms with van der Waals surface area (Å²) in [5, 5.41) is 15.8. The molecule has 182 valence electrons. The largest absolute Gasteiger partial charge is 0.481 e. The first-order valence-corrected chi connectivity index (χ1v) is 11.6. The summed E-state index contributed by atoms with van der Waals surface area (Å²) in [6.45, 7) is 2.50. The van der Waals surface area contributed by atoms with E-state index in [2.05, 4.69) is 22.5 Å². The summed E-state index contributed by atoms with van der Waals surface area (Å²) in [5.74, 6) is -1.47. The van der Waals surface area contributed by atoms with E-state index in [-0.39, 0.29) is 36.9 Å². The Kier molecular flexibility index (Phi) is 7.14. The highest BCUT2D eigenvalue weighted by Gasteiger charge is 2.29.